The summed E-state index contributed by atoms with van der Waals surface area (Å²) in [7, 11) is 0. The van der Waals surface area contributed by atoms with Crippen LogP contribution in [0.4, 0.5) is 13.2 Å². The highest BCUT2D eigenvalue weighted by atomic mass is 32.1. The fraction of sp³-hybridized carbons (Fsp3) is 0.700. The van der Waals surface area contributed by atoms with E-state index in [0.29, 0.717) is 5.01 Å². The van der Waals surface area contributed by atoms with Crippen molar-refractivity contribution in [2.24, 2.45) is 0 Å². The molecule has 3 heterocycles. The predicted molar refractivity (Wildman–Crippen MR) is 62.9 cm³/mol. The van der Waals surface area contributed by atoms with Gasteiger partial charge in [0.15, 0.2) is 0 Å². The summed E-state index contributed by atoms with van der Waals surface area (Å²) in [6, 6.07) is 0. The van der Waals surface area contributed by atoms with Gasteiger partial charge in [0.05, 0.1) is 5.54 Å². The smallest absolute Gasteiger partial charge is 0.305 e. The summed E-state index contributed by atoms with van der Waals surface area (Å²) in [6.07, 6.45) is -1.86. The van der Waals surface area contributed by atoms with Crippen LogP contribution in [0.25, 0.3) is 4.96 Å². The monoisotopic (exact) mass is 291 g/mol. The third kappa shape index (κ3) is 1.91. The van der Waals surface area contributed by atoms with Crippen molar-refractivity contribution >= 4 is 16.3 Å². The largest absolute Gasteiger partial charge is 0.453 e. The number of fused-ring (bicyclic) bond motifs is 1. The van der Waals surface area contributed by atoms with Gasteiger partial charge in [-0.15, -0.1) is 10.2 Å². The van der Waals surface area contributed by atoms with Crippen molar-refractivity contribution in [3.05, 3.63) is 10.8 Å². The standard InChI is InChI=1S/C10H12F3N5S/c1-2-9(4-3-5-14-9)7-17-18-6(10(11,12)13)15-16-8(18)19-7/h14H,2-5H2,1H3. The van der Waals surface area contributed by atoms with Gasteiger partial charge in [0, 0.05) is 0 Å². The molecule has 1 atom stereocenters. The number of rotatable bonds is 2. The van der Waals surface area contributed by atoms with Gasteiger partial charge in [0.1, 0.15) is 5.01 Å². The van der Waals surface area contributed by atoms with E-state index in [0.717, 1.165) is 30.3 Å². The van der Waals surface area contributed by atoms with Crippen LogP contribution < -0.4 is 5.32 Å². The zero-order valence-corrected chi connectivity index (χ0v) is 11.0. The molecule has 1 unspecified atom stereocenters. The summed E-state index contributed by atoms with van der Waals surface area (Å²) in [5.41, 5.74) is -0.311. The third-order valence-electron chi connectivity index (χ3n) is 3.50. The lowest BCUT2D eigenvalue weighted by atomic mass is 9.95. The van der Waals surface area contributed by atoms with Crippen LogP contribution >= 0.6 is 11.3 Å². The van der Waals surface area contributed by atoms with Gasteiger partial charge in [0.2, 0.25) is 4.96 Å². The maximum Gasteiger partial charge on any atom is 0.453 e. The minimum atomic E-state index is -4.53. The Morgan fingerprint density at radius 2 is 2.21 bits per heavy atom. The van der Waals surface area contributed by atoms with Crippen LogP contribution in [-0.2, 0) is 11.7 Å². The highest BCUT2D eigenvalue weighted by molar-refractivity contribution is 7.16. The first-order valence-corrected chi connectivity index (χ1v) is 6.83. The average molecular weight is 291 g/mol. The molecule has 1 aliphatic heterocycles. The van der Waals surface area contributed by atoms with Crippen molar-refractivity contribution in [3.8, 4) is 0 Å². The van der Waals surface area contributed by atoms with Crippen LogP contribution in [0, 0.1) is 0 Å². The van der Waals surface area contributed by atoms with E-state index in [1.54, 1.807) is 0 Å². The van der Waals surface area contributed by atoms with Crippen LogP contribution in [0.15, 0.2) is 0 Å². The molecule has 1 N–H and O–H groups in total. The number of aromatic nitrogens is 4. The Kier molecular flexibility index (Phi) is 2.79. The lowest BCUT2D eigenvalue weighted by molar-refractivity contribution is -0.146. The van der Waals surface area contributed by atoms with Crippen LogP contribution in [0.1, 0.15) is 37.0 Å². The number of nitrogens with zero attached hydrogens (tertiary/aromatic N) is 4. The van der Waals surface area contributed by atoms with Crippen molar-refractivity contribution in [1.82, 2.24) is 25.1 Å². The van der Waals surface area contributed by atoms with E-state index < -0.39 is 12.0 Å². The molecule has 1 fully saturated rings. The van der Waals surface area contributed by atoms with Crippen LogP contribution in [0.5, 0.6) is 0 Å². The van der Waals surface area contributed by atoms with Gasteiger partial charge in [-0.3, -0.25) is 0 Å². The average Bonchev–Trinajstić information content (AvgIpc) is 3.01. The summed E-state index contributed by atoms with van der Waals surface area (Å²) in [4.78, 5) is 0.184. The second-order valence-electron chi connectivity index (χ2n) is 4.59. The second-order valence-corrected chi connectivity index (χ2v) is 5.54. The fourth-order valence-electron chi connectivity index (χ4n) is 2.43. The topological polar surface area (TPSA) is 55.1 Å². The van der Waals surface area contributed by atoms with Gasteiger partial charge < -0.3 is 5.32 Å². The zero-order valence-electron chi connectivity index (χ0n) is 10.2. The number of hydrogen-bond acceptors (Lipinski definition) is 5. The molecule has 2 aromatic rings. The maximum atomic E-state index is 12.7. The highest BCUT2D eigenvalue weighted by Crippen LogP contribution is 2.37. The van der Waals surface area contributed by atoms with Gasteiger partial charge in [-0.2, -0.15) is 22.8 Å². The Labute approximate surface area is 110 Å². The molecule has 0 spiro atoms. The molecule has 0 amide bonds. The summed E-state index contributed by atoms with van der Waals surface area (Å²) in [5.74, 6) is -1.06. The molecule has 104 valence electrons. The zero-order chi connectivity index (χ0) is 13.7. The van der Waals surface area contributed by atoms with E-state index >= 15 is 0 Å². The van der Waals surface area contributed by atoms with E-state index in [1.807, 2.05) is 6.92 Å². The summed E-state index contributed by atoms with van der Waals surface area (Å²) < 4.78 is 39.0. The first-order chi connectivity index (χ1) is 8.96. The third-order valence-corrected chi connectivity index (χ3v) is 4.60. The highest BCUT2D eigenvalue weighted by Gasteiger charge is 2.41. The number of nitrogens with one attached hydrogen (secondary N) is 1. The van der Waals surface area contributed by atoms with E-state index in [-0.39, 0.29) is 10.5 Å². The minimum absolute atomic E-state index is 0.184. The first-order valence-electron chi connectivity index (χ1n) is 6.01. The normalized spacial score (nSPS) is 24.4. The maximum absolute atomic E-state index is 12.7. The van der Waals surface area contributed by atoms with Gasteiger partial charge in [0.25, 0.3) is 5.82 Å². The SMILES string of the molecule is CCC1(c2nn3c(C(F)(F)F)nnc3s2)CCCN1. The molecule has 3 rings (SSSR count). The predicted octanol–water partition coefficient (Wildman–Crippen LogP) is 2.19. The molecule has 0 aromatic carbocycles. The molecule has 9 heteroatoms. The molecule has 1 aliphatic rings. The molecule has 5 nitrogen and oxygen atoms in total. The van der Waals surface area contributed by atoms with Gasteiger partial charge >= 0.3 is 6.18 Å². The van der Waals surface area contributed by atoms with Crippen LogP contribution in [0.2, 0.25) is 0 Å². The molecule has 0 radical (unpaired) electrons. The quantitative estimate of drug-likeness (QED) is 0.921. The molecular formula is C10H12F3N5S. The summed E-state index contributed by atoms with van der Waals surface area (Å²) in [5, 5.41) is 14.8. The van der Waals surface area contributed by atoms with Crippen molar-refractivity contribution in [2.45, 2.75) is 37.9 Å². The number of halogens is 3. The van der Waals surface area contributed by atoms with Gasteiger partial charge in [-0.1, -0.05) is 18.3 Å². The Morgan fingerprint density at radius 1 is 1.42 bits per heavy atom. The van der Waals surface area contributed by atoms with Crippen molar-refractivity contribution in [3.63, 3.8) is 0 Å². The number of alkyl halides is 3. The van der Waals surface area contributed by atoms with Crippen molar-refractivity contribution in [1.29, 1.82) is 0 Å². The van der Waals surface area contributed by atoms with Crippen LogP contribution in [0.3, 0.4) is 0 Å². The fourth-order valence-corrected chi connectivity index (χ4v) is 3.53. The molecule has 0 aliphatic carbocycles. The van der Waals surface area contributed by atoms with Crippen molar-refractivity contribution in [2.75, 3.05) is 6.54 Å². The molecule has 0 bridgehead atoms. The molecular weight excluding hydrogens is 279 g/mol. The summed E-state index contributed by atoms with van der Waals surface area (Å²) >= 11 is 1.17. The number of hydrogen-bond donors (Lipinski definition) is 1. The van der Waals surface area contributed by atoms with Crippen LogP contribution in [-0.4, -0.2) is 26.4 Å². The van der Waals surface area contributed by atoms with E-state index in [9.17, 15) is 13.2 Å². The van der Waals surface area contributed by atoms with Gasteiger partial charge in [-0.05, 0) is 25.8 Å². The lowest BCUT2D eigenvalue weighted by Crippen LogP contribution is -2.36. The van der Waals surface area contributed by atoms with E-state index in [2.05, 4.69) is 20.6 Å². The Hall–Kier alpha value is -1.22. The second kappa shape index (κ2) is 4.14. The summed E-state index contributed by atoms with van der Waals surface area (Å²) in [6.45, 7) is 2.87. The molecule has 0 saturated carbocycles. The first kappa shape index (κ1) is 12.8. The van der Waals surface area contributed by atoms with Crippen molar-refractivity contribution < 1.29 is 13.2 Å². The molecule has 2 aromatic heterocycles. The van der Waals surface area contributed by atoms with E-state index in [1.165, 1.54) is 11.3 Å². The minimum Gasteiger partial charge on any atom is -0.305 e. The Bertz CT molecular complexity index is 596. The lowest BCUT2D eigenvalue weighted by Gasteiger charge is -2.24. The molecule has 1 saturated heterocycles. The Morgan fingerprint density at radius 3 is 2.79 bits per heavy atom. The van der Waals surface area contributed by atoms with Gasteiger partial charge in [-0.25, -0.2) is 0 Å². The Balaban J connectivity index is 2.10. The molecule has 19 heavy (non-hydrogen) atoms. The van der Waals surface area contributed by atoms with E-state index in [4.69, 9.17) is 0 Å².